The number of rotatable bonds is 6. The number of hydrogen-bond donors (Lipinski definition) is 0. The van der Waals surface area contributed by atoms with E-state index in [-0.39, 0.29) is 11.3 Å². The maximum absolute atomic E-state index is 13.5. The van der Waals surface area contributed by atoms with Crippen LogP contribution in [0.3, 0.4) is 0 Å². The summed E-state index contributed by atoms with van der Waals surface area (Å²) in [5.41, 5.74) is 1.34. The van der Waals surface area contributed by atoms with E-state index in [2.05, 4.69) is 4.98 Å². The molecule has 3 aromatic heterocycles. The molecular formula is C25H18F3N3OS2. The molecule has 0 aliphatic carbocycles. The predicted octanol–water partition coefficient (Wildman–Crippen LogP) is 6.56. The van der Waals surface area contributed by atoms with E-state index >= 15 is 0 Å². The maximum atomic E-state index is 13.5. The molecule has 3 heterocycles. The predicted molar refractivity (Wildman–Crippen MR) is 130 cm³/mol. The van der Waals surface area contributed by atoms with Crippen molar-refractivity contribution in [2.24, 2.45) is 0 Å². The summed E-state index contributed by atoms with van der Waals surface area (Å²) in [6.45, 7) is 0.415. The van der Waals surface area contributed by atoms with Gasteiger partial charge in [0.2, 0.25) is 0 Å². The van der Waals surface area contributed by atoms with Crippen molar-refractivity contribution in [3.63, 3.8) is 0 Å². The van der Waals surface area contributed by atoms with Crippen LogP contribution in [0.2, 0.25) is 0 Å². The van der Waals surface area contributed by atoms with Gasteiger partial charge in [-0.05, 0) is 35.7 Å². The van der Waals surface area contributed by atoms with Crippen molar-refractivity contribution in [1.29, 1.82) is 0 Å². The van der Waals surface area contributed by atoms with E-state index in [1.807, 2.05) is 36.4 Å². The normalized spacial score (nSPS) is 12.0. The molecule has 4 nitrogen and oxygen atoms in total. The molecule has 0 radical (unpaired) electrons. The molecule has 34 heavy (non-hydrogen) atoms. The van der Waals surface area contributed by atoms with Crippen molar-refractivity contribution in [2.75, 3.05) is 0 Å². The van der Waals surface area contributed by atoms with Crippen molar-refractivity contribution in [1.82, 2.24) is 14.5 Å². The SMILES string of the molecule is O=c1c2sc3ncccc3c2nc(SCc2cccc(C(F)(F)F)c2)n1CCc1ccccc1. The van der Waals surface area contributed by atoms with E-state index in [4.69, 9.17) is 4.98 Å². The Balaban J connectivity index is 1.54. The first-order chi connectivity index (χ1) is 16.4. The van der Waals surface area contributed by atoms with Crippen LogP contribution in [0.25, 0.3) is 20.4 Å². The number of pyridine rings is 1. The molecule has 0 atom stereocenters. The number of thioether (sulfide) groups is 1. The third kappa shape index (κ3) is 4.58. The highest BCUT2D eigenvalue weighted by Crippen LogP contribution is 2.33. The standard InChI is InChI=1S/C25H18F3N3OS2/c26-25(27,28)18-9-4-8-17(14-18)15-33-24-30-20-19-10-5-12-29-22(19)34-21(20)23(32)31(24)13-11-16-6-2-1-3-7-16/h1-10,12,14H,11,13,15H2. The molecule has 0 spiro atoms. The third-order valence-corrected chi connectivity index (χ3v) is 7.55. The Morgan fingerprint density at radius 2 is 1.76 bits per heavy atom. The number of aromatic nitrogens is 3. The molecule has 5 aromatic rings. The lowest BCUT2D eigenvalue weighted by Gasteiger charge is -2.13. The van der Waals surface area contributed by atoms with Crippen LogP contribution in [0.4, 0.5) is 13.2 Å². The number of aryl methyl sites for hydroxylation is 1. The first-order valence-electron chi connectivity index (χ1n) is 10.5. The van der Waals surface area contributed by atoms with Crippen LogP contribution in [-0.2, 0) is 24.9 Å². The summed E-state index contributed by atoms with van der Waals surface area (Å²) >= 11 is 2.58. The van der Waals surface area contributed by atoms with Crippen LogP contribution >= 0.6 is 23.1 Å². The Kier molecular flexibility index (Phi) is 6.14. The molecule has 172 valence electrons. The zero-order valence-corrected chi connectivity index (χ0v) is 19.4. The highest BCUT2D eigenvalue weighted by molar-refractivity contribution is 7.98. The molecule has 0 aliphatic heterocycles. The van der Waals surface area contributed by atoms with Crippen molar-refractivity contribution in [2.45, 2.75) is 30.1 Å². The first kappa shape index (κ1) is 22.6. The van der Waals surface area contributed by atoms with E-state index in [0.29, 0.717) is 33.9 Å². The summed E-state index contributed by atoms with van der Waals surface area (Å²) in [6.07, 6.45) is -2.10. The van der Waals surface area contributed by atoms with E-state index < -0.39 is 11.7 Å². The Bertz CT molecular complexity index is 1530. The van der Waals surface area contributed by atoms with E-state index in [1.165, 1.54) is 29.2 Å². The Hall–Kier alpha value is -3.17. The van der Waals surface area contributed by atoms with E-state index in [0.717, 1.165) is 27.9 Å². The fraction of sp³-hybridized carbons (Fsp3) is 0.160. The van der Waals surface area contributed by atoms with Crippen molar-refractivity contribution in [3.05, 3.63) is 100.0 Å². The minimum atomic E-state index is -4.40. The van der Waals surface area contributed by atoms with Gasteiger partial charge in [-0.15, -0.1) is 11.3 Å². The van der Waals surface area contributed by atoms with Gasteiger partial charge in [0.25, 0.3) is 5.56 Å². The number of fused-ring (bicyclic) bond motifs is 3. The zero-order chi connectivity index (χ0) is 23.7. The van der Waals surface area contributed by atoms with Gasteiger partial charge in [0.05, 0.1) is 11.1 Å². The molecule has 0 unspecified atom stereocenters. The monoisotopic (exact) mass is 497 g/mol. The van der Waals surface area contributed by atoms with Gasteiger partial charge in [0.1, 0.15) is 9.53 Å². The molecule has 5 rings (SSSR count). The average molecular weight is 498 g/mol. The molecule has 0 saturated carbocycles. The molecule has 0 saturated heterocycles. The first-order valence-corrected chi connectivity index (χ1v) is 12.3. The molecule has 0 N–H and O–H groups in total. The van der Waals surface area contributed by atoms with Crippen LogP contribution in [0.5, 0.6) is 0 Å². The fourth-order valence-electron chi connectivity index (χ4n) is 3.72. The number of alkyl halides is 3. The topological polar surface area (TPSA) is 47.8 Å². The van der Waals surface area contributed by atoms with Gasteiger partial charge in [0.15, 0.2) is 5.16 Å². The number of nitrogens with zero attached hydrogens (tertiary/aromatic N) is 3. The lowest BCUT2D eigenvalue weighted by molar-refractivity contribution is -0.137. The summed E-state index contributed by atoms with van der Waals surface area (Å²) in [5.74, 6) is 0.257. The van der Waals surface area contributed by atoms with Gasteiger partial charge in [0, 0.05) is 23.9 Å². The summed E-state index contributed by atoms with van der Waals surface area (Å²) < 4.78 is 41.5. The lowest BCUT2D eigenvalue weighted by Crippen LogP contribution is -2.23. The molecule has 2 aromatic carbocycles. The minimum Gasteiger partial charge on any atom is -0.286 e. The number of benzene rings is 2. The smallest absolute Gasteiger partial charge is 0.286 e. The highest BCUT2D eigenvalue weighted by atomic mass is 32.2. The van der Waals surface area contributed by atoms with Crippen molar-refractivity contribution >= 4 is 43.5 Å². The minimum absolute atomic E-state index is 0.157. The zero-order valence-electron chi connectivity index (χ0n) is 17.7. The van der Waals surface area contributed by atoms with Crippen LogP contribution in [0.1, 0.15) is 16.7 Å². The highest BCUT2D eigenvalue weighted by Gasteiger charge is 2.30. The second kappa shape index (κ2) is 9.23. The van der Waals surface area contributed by atoms with Crippen LogP contribution in [0.15, 0.2) is 82.9 Å². The fourth-order valence-corrected chi connectivity index (χ4v) is 5.71. The van der Waals surface area contributed by atoms with Gasteiger partial charge < -0.3 is 0 Å². The van der Waals surface area contributed by atoms with E-state index in [9.17, 15) is 18.0 Å². The second-order valence-electron chi connectivity index (χ2n) is 7.71. The number of thiophene rings is 1. The quantitative estimate of drug-likeness (QED) is 0.197. The largest absolute Gasteiger partial charge is 0.416 e. The Labute approximate surface area is 201 Å². The van der Waals surface area contributed by atoms with Crippen LogP contribution in [-0.4, -0.2) is 14.5 Å². The summed E-state index contributed by atoms with van der Waals surface area (Å²) in [4.78, 5) is 23.4. The molecular weight excluding hydrogens is 479 g/mol. The molecule has 9 heteroatoms. The average Bonchev–Trinajstić information content (AvgIpc) is 3.21. The van der Waals surface area contributed by atoms with Gasteiger partial charge in [-0.25, -0.2) is 9.97 Å². The van der Waals surface area contributed by atoms with Crippen molar-refractivity contribution < 1.29 is 13.2 Å². The molecule has 0 fully saturated rings. The van der Waals surface area contributed by atoms with Crippen LogP contribution in [0, 0.1) is 0 Å². The third-order valence-electron chi connectivity index (χ3n) is 5.41. The number of halogens is 3. The van der Waals surface area contributed by atoms with Crippen molar-refractivity contribution in [3.8, 4) is 0 Å². The van der Waals surface area contributed by atoms with Gasteiger partial charge in [-0.3, -0.25) is 9.36 Å². The maximum Gasteiger partial charge on any atom is 0.416 e. The second-order valence-corrected chi connectivity index (χ2v) is 9.65. The summed E-state index contributed by atoms with van der Waals surface area (Å²) in [6, 6.07) is 18.7. The summed E-state index contributed by atoms with van der Waals surface area (Å²) in [7, 11) is 0. The molecule has 0 aliphatic rings. The Morgan fingerprint density at radius 1 is 0.971 bits per heavy atom. The van der Waals surface area contributed by atoms with E-state index in [1.54, 1.807) is 22.9 Å². The number of hydrogen-bond acceptors (Lipinski definition) is 5. The van der Waals surface area contributed by atoms with Crippen LogP contribution < -0.4 is 5.56 Å². The van der Waals surface area contributed by atoms with Gasteiger partial charge in [-0.1, -0.05) is 60.3 Å². The molecule has 0 amide bonds. The summed E-state index contributed by atoms with van der Waals surface area (Å²) in [5, 5.41) is 1.28. The van der Waals surface area contributed by atoms with Gasteiger partial charge in [-0.2, -0.15) is 13.2 Å². The lowest BCUT2D eigenvalue weighted by atomic mass is 10.1. The molecule has 0 bridgehead atoms. The Morgan fingerprint density at radius 3 is 2.56 bits per heavy atom. The van der Waals surface area contributed by atoms with Gasteiger partial charge >= 0.3 is 6.18 Å².